The Morgan fingerprint density at radius 1 is 1.05 bits per heavy atom. The molecule has 7 nitrogen and oxygen atoms in total. The molecule has 3 aromatic rings. The van der Waals surface area contributed by atoms with Gasteiger partial charge in [-0.3, -0.25) is 14.3 Å². The number of hydrogen-bond acceptors (Lipinski definition) is 6. The van der Waals surface area contributed by atoms with Crippen LogP contribution in [0.4, 0.5) is 0 Å². The predicted molar refractivity (Wildman–Crippen MR) is 148 cm³/mol. The highest BCUT2D eigenvalue weighted by Gasteiger charge is 2.33. The van der Waals surface area contributed by atoms with E-state index < -0.39 is 0 Å². The molecule has 1 fully saturated rings. The molecule has 5 rings (SSSR count). The molecular weight excluding hydrogens is 486 g/mol. The van der Waals surface area contributed by atoms with Gasteiger partial charge < -0.3 is 14.0 Å². The number of nitrogens with zero attached hydrogens (tertiary/aromatic N) is 2. The summed E-state index contributed by atoms with van der Waals surface area (Å²) in [4.78, 5) is 25.9. The van der Waals surface area contributed by atoms with E-state index in [9.17, 15) is 9.59 Å². The van der Waals surface area contributed by atoms with E-state index in [1.807, 2.05) is 36.6 Å². The van der Waals surface area contributed by atoms with E-state index in [1.54, 1.807) is 7.11 Å². The molecule has 0 saturated heterocycles. The average Bonchev–Trinajstić information content (AvgIpc) is 3.13. The van der Waals surface area contributed by atoms with Gasteiger partial charge in [-0.25, -0.2) is 4.31 Å². The largest absolute Gasteiger partial charge is 0.497 e. The molecular formula is C29H35N3O4S. The van der Waals surface area contributed by atoms with Gasteiger partial charge in [-0.05, 0) is 80.7 Å². The number of rotatable bonds is 6. The number of nitrogens with one attached hydrogen (secondary N) is 1. The first kappa shape index (κ1) is 25.7. The lowest BCUT2D eigenvalue weighted by Gasteiger charge is -2.24. The van der Waals surface area contributed by atoms with Crippen LogP contribution in [-0.4, -0.2) is 49.1 Å². The van der Waals surface area contributed by atoms with Gasteiger partial charge in [-0.15, -0.1) is 0 Å². The number of hydrogen-bond donors (Lipinski definition) is 1. The summed E-state index contributed by atoms with van der Waals surface area (Å²) in [7, 11) is 6.89. The van der Waals surface area contributed by atoms with Crippen LogP contribution in [0.1, 0.15) is 59.5 Å². The van der Waals surface area contributed by atoms with Crippen molar-refractivity contribution in [1.82, 2.24) is 13.6 Å². The number of carbonyl (C=O) groups is 2. The van der Waals surface area contributed by atoms with E-state index in [1.165, 1.54) is 55.1 Å². The second kappa shape index (κ2) is 10.8. The Morgan fingerprint density at radius 3 is 2.54 bits per heavy atom. The van der Waals surface area contributed by atoms with Crippen molar-refractivity contribution in [1.29, 1.82) is 0 Å². The number of carbonyl (C=O) groups excluding carboxylic acids is 2. The van der Waals surface area contributed by atoms with E-state index in [-0.39, 0.29) is 17.8 Å². The number of esters is 1. The molecule has 0 bridgehead atoms. The topological polar surface area (TPSA) is 72.8 Å². The number of aromatic nitrogens is 1. The van der Waals surface area contributed by atoms with Crippen LogP contribution in [0.5, 0.6) is 5.75 Å². The first-order valence-corrected chi connectivity index (χ1v) is 13.7. The van der Waals surface area contributed by atoms with Crippen LogP contribution in [0.3, 0.4) is 0 Å². The zero-order valence-electron chi connectivity index (χ0n) is 22.0. The quantitative estimate of drug-likeness (QED) is 0.338. The van der Waals surface area contributed by atoms with E-state index in [2.05, 4.69) is 27.5 Å². The van der Waals surface area contributed by atoms with Crippen LogP contribution in [0.2, 0.25) is 0 Å². The first-order chi connectivity index (χ1) is 17.9. The summed E-state index contributed by atoms with van der Waals surface area (Å²) in [5.41, 5.74) is 6.35. The Kier molecular flexibility index (Phi) is 7.49. The molecule has 1 atom stereocenters. The fourth-order valence-electron chi connectivity index (χ4n) is 5.97. The molecule has 1 unspecified atom stereocenters. The third-order valence-electron chi connectivity index (χ3n) is 7.67. The lowest BCUT2D eigenvalue weighted by Crippen LogP contribution is -2.23. The van der Waals surface area contributed by atoms with Crippen LogP contribution in [0.15, 0.2) is 36.4 Å². The van der Waals surface area contributed by atoms with Crippen LogP contribution in [-0.2, 0) is 22.5 Å². The Bertz CT molecular complexity index is 1330. The molecule has 196 valence electrons. The molecule has 0 radical (unpaired) electrons. The van der Waals surface area contributed by atoms with Crippen LogP contribution in [0, 0.1) is 5.92 Å². The van der Waals surface area contributed by atoms with E-state index >= 15 is 0 Å². The van der Waals surface area contributed by atoms with Crippen LogP contribution >= 0.6 is 12.1 Å². The molecule has 8 heteroatoms. The van der Waals surface area contributed by atoms with E-state index in [0.717, 1.165) is 35.2 Å². The average molecular weight is 522 g/mol. The smallest absolute Gasteiger partial charge is 0.310 e. The van der Waals surface area contributed by atoms with Crippen molar-refractivity contribution in [2.45, 2.75) is 51.0 Å². The monoisotopic (exact) mass is 521 g/mol. The molecule has 0 spiro atoms. The van der Waals surface area contributed by atoms with Gasteiger partial charge >= 0.3 is 5.97 Å². The fourth-order valence-corrected chi connectivity index (χ4v) is 6.35. The third-order valence-corrected chi connectivity index (χ3v) is 8.31. The predicted octanol–water partition coefficient (Wildman–Crippen LogP) is 5.56. The maximum atomic E-state index is 13.0. The number of benzene rings is 2. The maximum Gasteiger partial charge on any atom is 0.310 e. The van der Waals surface area contributed by atoms with Gasteiger partial charge in [0.05, 0.1) is 25.8 Å². The van der Waals surface area contributed by atoms with Crippen molar-refractivity contribution in [3.8, 4) is 17.0 Å². The fraction of sp³-hybridized carbons (Fsp3) is 0.448. The summed E-state index contributed by atoms with van der Waals surface area (Å²) >= 11 is 1.26. The van der Waals surface area contributed by atoms with Crippen molar-refractivity contribution in [2.24, 2.45) is 5.92 Å². The van der Waals surface area contributed by atoms with Crippen molar-refractivity contribution in [3.05, 3.63) is 53.1 Å². The van der Waals surface area contributed by atoms with Crippen LogP contribution < -0.4 is 9.46 Å². The summed E-state index contributed by atoms with van der Waals surface area (Å²) in [6, 6.07) is 12.2. The van der Waals surface area contributed by atoms with Crippen molar-refractivity contribution >= 4 is 34.9 Å². The molecule has 1 saturated carbocycles. The van der Waals surface area contributed by atoms with Gasteiger partial charge in [0.2, 0.25) is 0 Å². The molecule has 1 aromatic heterocycles. The lowest BCUT2D eigenvalue weighted by molar-refractivity contribution is -0.145. The standard InChI is InChI=1S/C29H35N3O4S/c1-31(2)37-30-28(33)19-10-12-24-25(16-19)32-17-21(29(34)36-4)14-20-15-22(35-3)11-13-23(20)27(32)26(24)18-8-6-5-7-9-18/h10-13,15-16,18,21H,5-9,14,17H2,1-4H3,(H,30,33). The minimum atomic E-state index is -0.339. The highest BCUT2D eigenvalue weighted by molar-refractivity contribution is 7.95. The van der Waals surface area contributed by atoms with Gasteiger partial charge in [0.1, 0.15) is 5.75 Å². The highest BCUT2D eigenvalue weighted by Crippen LogP contribution is 2.47. The number of methoxy groups -OCH3 is 2. The summed E-state index contributed by atoms with van der Waals surface area (Å²) in [6.45, 7) is 0.500. The van der Waals surface area contributed by atoms with Crippen molar-refractivity contribution in [2.75, 3.05) is 28.3 Å². The molecule has 1 aliphatic carbocycles. The SMILES string of the molecule is COC(=O)C1Cc2cc(OC)ccc2-c2c(C3CCCCC3)c3ccc(C(=O)NSN(C)C)cc3n2C1. The summed E-state index contributed by atoms with van der Waals surface area (Å²) in [6.07, 6.45) is 6.60. The Balaban J connectivity index is 1.75. The molecule has 1 N–H and O–H groups in total. The maximum absolute atomic E-state index is 13.0. The zero-order valence-corrected chi connectivity index (χ0v) is 22.8. The molecule has 1 amide bonds. The molecule has 2 heterocycles. The van der Waals surface area contributed by atoms with E-state index in [0.29, 0.717) is 24.4 Å². The Morgan fingerprint density at radius 2 is 1.84 bits per heavy atom. The van der Waals surface area contributed by atoms with Gasteiger partial charge in [0.25, 0.3) is 5.91 Å². The lowest BCUT2D eigenvalue weighted by atomic mass is 9.81. The molecule has 37 heavy (non-hydrogen) atoms. The zero-order chi connectivity index (χ0) is 26.1. The molecule has 1 aliphatic heterocycles. The highest BCUT2D eigenvalue weighted by atomic mass is 32.2. The summed E-state index contributed by atoms with van der Waals surface area (Å²) in [5.74, 6) is 0.524. The Labute approximate surface area is 222 Å². The van der Waals surface area contributed by atoms with E-state index in [4.69, 9.17) is 9.47 Å². The second-order valence-corrected chi connectivity index (χ2v) is 11.3. The number of ether oxygens (including phenoxy) is 2. The van der Waals surface area contributed by atoms with Gasteiger partial charge in [0, 0.05) is 40.7 Å². The normalized spacial score (nSPS) is 17.7. The second-order valence-electron chi connectivity index (χ2n) is 10.2. The Hall–Kier alpha value is -2.97. The minimum Gasteiger partial charge on any atom is -0.497 e. The van der Waals surface area contributed by atoms with Gasteiger partial charge in [-0.1, -0.05) is 25.3 Å². The van der Waals surface area contributed by atoms with Gasteiger partial charge in [0.15, 0.2) is 0 Å². The van der Waals surface area contributed by atoms with Gasteiger partial charge in [-0.2, -0.15) is 0 Å². The van der Waals surface area contributed by atoms with Crippen molar-refractivity contribution in [3.63, 3.8) is 0 Å². The third kappa shape index (κ3) is 4.97. The molecule has 2 aromatic carbocycles. The number of fused-ring (bicyclic) bond motifs is 5. The summed E-state index contributed by atoms with van der Waals surface area (Å²) < 4.78 is 17.8. The first-order valence-electron chi connectivity index (χ1n) is 13.0. The number of amides is 1. The minimum absolute atomic E-state index is 0.140. The molecule has 2 aliphatic rings. The van der Waals surface area contributed by atoms with Crippen molar-refractivity contribution < 1.29 is 19.1 Å². The summed E-state index contributed by atoms with van der Waals surface area (Å²) in [5, 5.41) is 1.17. The van der Waals surface area contributed by atoms with Crippen LogP contribution in [0.25, 0.3) is 22.2 Å².